The zero-order valence-corrected chi connectivity index (χ0v) is 17.1. The number of rotatable bonds is 2. The van der Waals surface area contributed by atoms with Gasteiger partial charge in [-0.3, -0.25) is 4.90 Å². The molecule has 0 bridgehead atoms. The van der Waals surface area contributed by atoms with Gasteiger partial charge in [-0.25, -0.2) is 12.8 Å². The third-order valence-corrected chi connectivity index (χ3v) is 8.15. The highest BCUT2D eigenvalue weighted by Crippen LogP contribution is 2.45. The van der Waals surface area contributed by atoms with Gasteiger partial charge in [0.05, 0.1) is 11.5 Å². The molecule has 0 amide bonds. The van der Waals surface area contributed by atoms with Crippen LogP contribution in [-0.2, 0) is 15.4 Å². The number of aryl methyl sites for hydroxylation is 1. The third-order valence-electron chi connectivity index (χ3n) is 6.21. The fourth-order valence-corrected chi connectivity index (χ4v) is 6.51. The van der Waals surface area contributed by atoms with E-state index in [1.165, 1.54) is 6.07 Å². The zero-order valence-electron chi connectivity index (χ0n) is 15.5. The quantitative estimate of drug-likeness (QED) is 0.824. The lowest BCUT2D eigenvalue weighted by Crippen LogP contribution is -2.58. The summed E-state index contributed by atoms with van der Waals surface area (Å²) in [5, 5.41) is 11.9. The van der Waals surface area contributed by atoms with Gasteiger partial charge in [0.15, 0.2) is 0 Å². The molecule has 2 fully saturated rings. The molecule has 146 valence electrons. The Morgan fingerprint density at radius 3 is 2.23 bits per heavy atom. The number of piperidine rings is 1. The summed E-state index contributed by atoms with van der Waals surface area (Å²) in [6.07, 6.45) is 1.27. The second-order valence-corrected chi connectivity index (χ2v) is 10.8. The molecule has 7 heteroatoms. The number of benzene rings is 1. The van der Waals surface area contributed by atoms with Gasteiger partial charge < -0.3 is 5.11 Å². The standard InChI is InChI=1S/C19H27ClFNO3S/c1-12-8-15(20)9-17(21)18(12)19(23)13(2)10-22(11-14(19)3)16-4-6-26(24,25)7-5-16/h8-9,13-14,16,23H,4-7,10-11H2,1-3H3/t13-,14+,19-. The van der Waals surface area contributed by atoms with E-state index in [2.05, 4.69) is 4.90 Å². The van der Waals surface area contributed by atoms with Crippen molar-refractivity contribution in [2.45, 2.75) is 45.3 Å². The Morgan fingerprint density at radius 1 is 1.19 bits per heavy atom. The predicted molar refractivity (Wildman–Crippen MR) is 102 cm³/mol. The number of hydrogen-bond donors (Lipinski definition) is 1. The van der Waals surface area contributed by atoms with Crippen LogP contribution in [0.5, 0.6) is 0 Å². The molecule has 2 heterocycles. The summed E-state index contributed by atoms with van der Waals surface area (Å²) in [6.45, 7) is 6.89. The van der Waals surface area contributed by atoms with Gasteiger partial charge in [-0.2, -0.15) is 0 Å². The molecule has 2 saturated heterocycles. The molecule has 4 nitrogen and oxygen atoms in total. The van der Waals surface area contributed by atoms with E-state index in [0.29, 0.717) is 42.1 Å². The summed E-state index contributed by atoms with van der Waals surface area (Å²) < 4.78 is 38.1. The second-order valence-electron chi connectivity index (χ2n) is 8.04. The van der Waals surface area contributed by atoms with Gasteiger partial charge in [0.25, 0.3) is 0 Å². The van der Waals surface area contributed by atoms with E-state index < -0.39 is 21.3 Å². The minimum Gasteiger partial charge on any atom is -0.384 e. The first-order chi connectivity index (χ1) is 12.0. The molecular formula is C19H27ClFNO3S. The second kappa shape index (κ2) is 7.04. The average Bonchev–Trinajstić information content (AvgIpc) is 2.51. The van der Waals surface area contributed by atoms with Crippen molar-refractivity contribution in [3.05, 3.63) is 34.1 Å². The zero-order chi connectivity index (χ0) is 19.3. The van der Waals surface area contributed by atoms with Crippen LogP contribution in [0.2, 0.25) is 5.02 Å². The van der Waals surface area contributed by atoms with Crippen molar-refractivity contribution in [2.24, 2.45) is 11.8 Å². The van der Waals surface area contributed by atoms with Crippen LogP contribution in [-0.4, -0.2) is 49.1 Å². The summed E-state index contributed by atoms with van der Waals surface area (Å²) in [4.78, 5) is 2.28. The smallest absolute Gasteiger partial charge is 0.150 e. The van der Waals surface area contributed by atoms with Crippen LogP contribution in [0.3, 0.4) is 0 Å². The molecule has 0 radical (unpaired) electrons. The van der Waals surface area contributed by atoms with Crippen LogP contribution in [0.25, 0.3) is 0 Å². The van der Waals surface area contributed by atoms with E-state index in [1.54, 1.807) is 13.0 Å². The van der Waals surface area contributed by atoms with Crippen molar-refractivity contribution >= 4 is 21.4 Å². The Hall–Kier alpha value is -0.690. The molecule has 3 atom stereocenters. The molecule has 1 aromatic carbocycles. The van der Waals surface area contributed by atoms with Crippen LogP contribution in [0.4, 0.5) is 4.39 Å². The maximum Gasteiger partial charge on any atom is 0.150 e. The first-order valence-electron chi connectivity index (χ1n) is 9.17. The van der Waals surface area contributed by atoms with Crippen LogP contribution < -0.4 is 0 Å². The fraction of sp³-hybridized carbons (Fsp3) is 0.684. The molecule has 1 aromatic rings. The first kappa shape index (κ1) is 20.1. The first-order valence-corrected chi connectivity index (χ1v) is 11.4. The van der Waals surface area contributed by atoms with Crippen molar-refractivity contribution in [2.75, 3.05) is 24.6 Å². The van der Waals surface area contributed by atoms with Gasteiger partial charge in [0.2, 0.25) is 0 Å². The van der Waals surface area contributed by atoms with E-state index >= 15 is 0 Å². The molecular weight excluding hydrogens is 377 g/mol. The third kappa shape index (κ3) is 3.53. The van der Waals surface area contributed by atoms with E-state index in [-0.39, 0.29) is 29.4 Å². The Labute approximate surface area is 160 Å². The Balaban J connectivity index is 1.85. The van der Waals surface area contributed by atoms with Crippen molar-refractivity contribution in [1.29, 1.82) is 0 Å². The highest BCUT2D eigenvalue weighted by molar-refractivity contribution is 7.91. The van der Waals surface area contributed by atoms with Crippen LogP contribution in [0.1, 0.15) is 37.8 Å². The minimum atomic E-state index is -2.90. The number of sulfone groups is 1. The van der Waals surface area contributed by atoms with Gasteiger partial charge in [0.1, 0.15) is 21.3 Å². The molecule has 0 spiro atoms. The number of likely N-dealkylation sites (tertiary alicyclic amines) is 1. The Bertz CT molecular complexity index is 749. The van der Waals surface area contributed by atoms with Crippen molar-refractivity contribution < 1.29 is 17.9 Å². The molecule has 2 aliphatic heterocycles. The maximum atomic E-state index is 14.7. The summed E-state index contributed by atoms with van der Waals surface area (Å²) in [5.41, 5.74) is -0.267. The van der Waals surface area contributed by atoms with Gasteiger partial charge >= 0.3 is 0 Å². The van der Waals surface area contributed by atoms with E-state index in [4.69, 9.17) is 11.6 Å². The number of nitrogens with zero attached hydrogens (tertiary/aromatic N) is 1. The maximum absolute atomic E-state index is 14.7. The summed E-state index contributed by atoms with van der Waals surface area (Å²) >= 11 is 5.95. The van der Waals surface area contributed by atoms with Gasteiger partial charge in [-0.15, -0.1) is 0 Å². The molecule has 3 rings (SSSR count). The van der Waals surface area contributed by atoms with E-state index in [1.807, 2.05) is 13.8 Å². The lowest BCUT2D eigenvalue weighted by Gasteiger charge is -2.51. The normalized spacial score (nSPS) is 33.3. The number of hydrogen-bond acceptors (Lipinski definition) is 4. The molecule has 0 aromatic heterocycles. The topological polar surface area (TPSA) is 57.6 Å². The SMILES string of the molecule is Cc1cc(Cl)cc(F)c1[C@@]1(O)[C@H](C)CN(C2CCS(=O)(=O)CC2)C[C@@H]1C. The van der Waals surface area contributed by atoms with E-state index in [0.717, 1.165) is 0 Å². The summed E-state index contributed by atoms with van der Waals surface area (Å²) in [7, 11) is -2.90. The largest absolute Gasteiger partial charge is 0.384 e. The Morgan fingerprint density at radius 2 is 1.73 bits per heavy atom. The highest BCUT2D eigenvalue weighted by atomic mass is 35.5. The monoisotopic (exact) mass is 403 g/mol. The number of aliphatic hydroxyl groups is 1. The van der Waals surface area contributed by atoms with Crippen LogP contribution >= 0.6 is 11.6 Å². The van der Waals surface area contributed by atoms with Crippen molar-refractivity contribution in [3.8, 4) is 0 Å². The lowest BCUT2D eigenvalue weighted by molar-refractivity contribution is -0.122. The minimum absolute atomic E-state index is 0.181. The number of halogens is 2. The predicted octanol–water partition coefficient (Wildman–Crippen LogP) is 3.14. The molecule has 1 N–H and O–H groups in total. The van der Waals surface area contributed by atoms with Gasteiger partial charge in [-0.05, 0) is 37.5 Å². The molecule has 0 unspecified atom stereocenters. The van der Waals surface area contributed by atoms with Gasteiger partial charge in [0, 0.05) is 41.6 Å². The van der Waals surface area contributed by atoms with Crippen molar-refractivity contribution in [1.82, 2.24) is 4.90 Å². The highest BCUT2D eigenvalue weighted by Gasteiger charge is 2.49. The Kier molecular flexibility index (Phi) is 5.43. The molecule has 2 aliphatic rings. The summed E-state index contributed by atoms with van der Waals surface area (Å²) in [6, 6.07) is 3.17. The lowest BCUT2D eigenvalue weighted by atomic mass is 9.69. The van der Waals surface area contributed by atoms with Crippen LogP contribution in [0, 0.1) is 24.6 Å². The molecule has 26 heavy (non-hydrogen) atoms. The molecule has 0 aliphatic carbocycles. The van der Waals surface area contributed by atoms with Crippen LogP contribution in [0.15, 0.2) is 12.1 Å². The van der Waals surface area contributed by atoms with E-state index in [9.17, 15) is 17.9 Å². The fourth-order valence-electron chi connectivity index (χ4n) is 4.79. The summed E-state index contributed by atoms with van der Waals surface area (Å²) in [5.74, 6) is -0.371. The average molecular weight is 404 g/mol. The molecule has 0 saturated carbocycles. The van der Waals surface area contributed by atoms with Crippen molar-refractivity contribution in [3.63, 3.8) is 0 Å². The van der Waals surface area contributed by atoms with Gasteiger partial charge in [-0.1, -0.05) is 25.4 Å².